The van der Waals surface area contributed by atoms with Crippen molar-refractivity contribution in [1.29, 1.82) is 0 Å². The summed E-state index contributed by atoms with van der Waals surface area (Å²) in [5.74, 6) is 0. The first-order valence-corrected chi connectivity index (χ1v) is 7.52. The Hall–Kier alpha value is -0.160. The highest BCUT2D eigenvalue weighted by atomic mass is 16.5. The number of nitrogens with zero attached hydrogens (tertiary/aromatic N) is 1. The molecule has 2 aliphatic carbocycles. The first-order chi connectivity index (χ1) is 8.81. The van der Waals surface area contributed by atoms with Crippen molar-refractivity contribution >= 4 is 0 Å². The third kappa shape index (κ3) is 2.87. The van der Waals surface area contributed by atoms with Crippen molar-refractivity contribution in [3.8, 4) is 0 Å². The van der Waals surface area contributed by atoms with E-state index in [4.69, 9.17) is 4.74 Å². The van der Waals surface area contributed by atoms with Gasteiger partial charge in [0.05, 0.1) is 19.8 Å². The van der Waals surface area contributed by atoms with Crippen LogP contribution in [0.3, 0.4) is 0 Å². The Bertz CT molecular complexity index is 277. The Labute approximate surface area is 110 Å². The summed E-state index contributed by atoms with van der Waals surface area (Å²) >= 11 is 0. The van der Waals surface area contributed by atoms with Crippen LogP contribution in [0, 0.1) is 0 Å². The molecule has 0 aromatic rings. The van der Waals surface area contributed by atoms with E-state index in [0.717, 1.165) is 39.1 Å². The topological polar surface area (TPSA) is 44.7 Å². The largest absolute Gasteiger partial charge is 0.394 e. The molecular formula is C14H26N2O2. The Morgan fingerprint density at radius 3 is 2.67 bits per heavy atom. The summed E-state index contributed by atoms with van der Waals surface area (Å²) in [4.78, 5) is 2.57. The molecule has 4 heteroatoms. The summed E-state index contributed by atoms with van der Waals surface area (Å²) in [6.45, 7) is 4.17. The Morgan fingerprint density at radius 2 is 2.00 bits per heavy atom. The van der Waals surface area contributed by atoms with E-state index in [1.54, 1.807) is 0 Å². The fourth-order valence-corrected chi connectivity index (χ4v) is 3.57. The van der Waals surface area contributed by atoms with Crippen LogP contribution in [0.5, 0.6) is 0 Å². The van der Waals surface area contributed by atoms with Crippen molar-refractivity contribution < 1.29 is 9.84 Å². The van der Waals surface area contributed by atoms with Crippen LogP contribution in [0.25, 0.3) is 0 Å². The van der Waals surface area contributed by atoms with Gasteiger partial charge < -0.3 is 15.2 Å². The predicted molar refractivity (Wildman–Crippen MR) is 70.6 cm³/mol. The minimum Gasteiger partial charge on any atom is -0.394 e. The van der Waals surface area contributed by atoms with Crippen LogP contribution in [0.15, 0.2) is 0 Å². The zero-order valence-electron chi connectivity index (χ0n) is 11.2. The molecule has 2 N–H and O–H groups in total. The molecule has 104 valence electrons. The van der Waals surface area contributed by atoms with Gasteiger partial charge in [-0.3, -0.25) is 4.90 Å². The Morgan fingerprint density at radius 1 is 1.22 bits per heavy atom. The summed E-state index contributed by atoms with van der Waals surface area (Å²) in [5.41, 5.74) is 0.00237. The molecule has 1 aliphatic heterocycles. The van der Waals surface area contributed by atoms with Gasteiger partial charge in [0, 0.05) is 30.7 Å². The van der Waals surface area contributed by atoms with Gasteiger partial charge in [0.25, 0.3) is 0 Å². The SMILES string of the molecule is OCC1(NC2CC2)CCCC(N2CCOCC2)C1. The maximum Gasteiger partial charge on any atom is 0.0613 e. The molecule has 18 heavy (non-hydrogen) atoms. The molecule has 0 spiro atoms. The molecule has 2 atom stereocenters. The van der Waals surface area contributed by atoms with Crippen molar-refractivity contribution in [2.75, 3.05) is 32.9 Å². The van der Waals surface area contributed by atoms with Crippen LogP contribution in [0.1, 0.15) is 38.5 Å². The predicted octanol–water partition coefficient (Wildman–Crippen LogP) is 0.744. The molecule has 2 unspecified atom stereocenters. The second-order valence-electron chi connectivity index (χ2n) is 6.26. The zero-order chi connectivity index (χ0) is 12.4. The molecule has 0 aromatic heterocycles. The lowest BCUT2D eigenvalue weighted by Crippen LogP contribution is -2.57. The van der Waals surface area contributed by atoms with E-state index in [9.17, 15) is 5.11 Å². The molecule has 1 saturated heterocycles. The highest BCUT2D eigenvalue weighted by molar-refractivity contribution is 5.00. The van der Waals surface area contributed by atoms with Crippen molar-refractivity contribution in [3.05, 3.63) is 0 Å². The molecule has 0 aromatic carbocycles. The monoisotopic (exact) mass is 254 g/mol. The average Bonchev–Trinajstić information content (AvgIpc) is 3.24. The van der Waals surface area contributed by atoms with Gasteiger partial charge in [-0.2, -0.15) is 0 Å². The van der Waals surface area contributed by atoms with Crippen molar-refractivity contribution in [1.82, 2.24) is 10.2 Å². The van der Waals surface area contributed by atoms with E-state index < -0.39 is 0 Å². The molecule has 3 rings (SSSR count). The molecule has 4 nitrogen and oxygen atoms in total. The number of morpholine rings is 1. The van der Waals surface area contributed by atoms with Crippen LogP contribution in [0.4, 0.5) is 0 Å². The molecule has 0 radical (unpaired) electrons. The van der Waals surface area contributed by atoms with Gasteiger partial charge in [0.1, 0.15) is 0 Å². The average molecular weight is 254 g/mol. The van der Waals surface area contributed by atoms with Crippen molar-refractivity contribution in [2.45, 2.75) is 56.1 Å². The first-order valence-electron chi connectivity index (χ1n) is 7.52. The highest BCUT2D eigenvalue weighted by Crippen LogP contribution is 2.34. The van der Waals surface area contributed by atoms with Gasteiger partial charge >= 0.3 is 0 Å². The number of hydrogen-bond donors (Lipinski definition) is 2. The standard InChI is InChI=1S/C14H26N2O2/c17-11-14(15-12-3-4-12)5-1-2-13(10-14)16-6-8-18-9-7-16/h12-13,15,17H,1-11H2. The lowest BCUT2D eigenvalue weighted by Gasteiger charge is -2.45. The van der Waals surface area contributed by atoms with Crippen LogP contribution in [-0.4, -0.2) is 60.5 Å². The fraction of sp³-hybridized carbons (Fsp3) is 1.00. The summed E-state index contributed by atoms with van der Waals surface area (Å²) in [6, 6.07) is 1.32. The van der Waals surface area contributed by atoms with E-state index in [1.807, 2.05) is 0 Å². The number of aliphatic hydroxyl groups excluding tert-OH is 1. The van der Waals surface area contributed by atoms with Gasteiger partial charge in [0.15, 0.2) is 0 Å². The Kier molecular flexibility index (Phi) is 3.89. The molecule has 3 fully saturated rings. The van der Waals surface area contributed by atoms with E-state index in [-0.39, 0.29) is 5.54 Å². The number of nitrogens with one attached hydrogen (secondary N) is 1. The van der Waals surface area contributed by atoms with E-state index in [2.05, 4.69) is 10.2 Å². The zero-order valence-corrected chi connectivity index (χ0v) is 11.2. The molecule has 0 bridgehead atoms. The van der Waals surface area contributed by atoms with Crippen LogP contribution in [0.2, 0.25) is 0 Å². The summed E-state index contributed by atoms with van der Waals surface area (Å²) in [6.07, 6.45) is 7.37. The third-order valence-corrected chi connectivity index (χ3v) is 4.77. The summed E-state index contributed by atoms with van der Waals surface area (Å²) in [5, 5.41) is 13.5. The van der Waals surface area contributed by atoms with Crippen molar-refractivity contribution in [3.63, 3.8) is 0 Å². The molecular weight excluding hydrogens is 228 g/mol. The van der Waals surface area contributed by atoms with Gasteiger partial charge in [0.2, 0.25) is 0 Å². The molecule has 2 saturated carbocycles. The number of hydrogen-bond acceptors (Lipinski definition) is 4. The maximum absolute atomic E-state index is 9.83. The van der Waals surface area contributed by atoms with Gasteiger partial charge in [-0.1, -0.05) is 0 Å². The smallest absolute Gasteiger partial charge is 0.0613 e. The lowest BCUT2D eigenvalue weighted by atomic mass is 9.78. The fourth-order valence-electron chi connectivity index (χ4n) is 3.57. The van der Waals surface area contributed by atoms with E-state index in [0.29, 0.717) is 18.7 Å². The van der Waals surface area contributed by atoms with Crippen LogP contribution < -0.4 is 5.32 Å². The summed E-state index contributed by atoms with van der Waals surface area (Å²) < 4.78 is 5.44. The molecule has 1 heterocycles. The van der Waals surface area contributed by atoms with E-state index in [1.165, 1.54) is 25.7 Å². The quantitative estimate of drug-likeness (QED) is 0.777. The maximum atomic E-state index is 9.83. The second-order valence-corrected chi connectivity index (χ2v) is 6.26. The normalized spacial score (nSPS) is 38.8. The molecule has 3 aliphatic rings. The summed E-state index contributed by atoms with van der Waals surface area (Å²) in [7, 11) is 0. The second kappa shape index (κ2) is 5.45. The third-order valence-electron chi connectivity index (χ3n) is 4.77. The number of rotatable bonds is 4. The van der Waals surface area contributed by atoms with Crippen molar-refractivity contribution in [2.24, 2.45) is 0 Å². The van der Waals surface area contributed by atoms with Crippen LogP contribution >= 0.6 is 0 Å². The minimum atomic E-state index is 0.00237. The van der Waals surface area contributed by atoms with Gasteiger partial charge in [-0.25, -0.2) is 0 Å². The van der Waals surface area contributed by atoms with Gasteiger partial charge in [-0.05, 0) is 38.5 Å². The highest BCUT2D eigenvalue weighted by Gasteiger charge is 2.41. The minimum absolute atomic E-state index is 0.00237. The number of aliphatic hydroxyl groups is 1. The lowest BCUT2D eigenvalue weighted by molar-refractivity contribution is -0.0106. The first kappa shape index (κ1) is 12.9. The number of ether oxygens (including phenoxy) is 1. The van der Waals surface area contributed by atoms with Crippen LogP contribution in [-0.2, 0) is 4.74 Å². The van der Waals surface area contributed by atoms with Gasteiger partial charge in [-0.15, -0.1) is 0 Å². The Balaban J connectivity index is 1.61. The molecule has 0 amide bonds. The van der Waals surface area contributed by atoms with E-state index >= 15 is 0 Å².